The molecule has 1 N–H and O–H groups in total. The minimum atomic E-state index is -0.157. The summed E-state index contributed by atoms with van der Waals surface area (Å²) in [5.41, 5.74) is 2.63. The molecule has 0 aliphatic carbocycles. The van der Waals surface area contributed by atoms with Crippen LogP contribution in [-0.4, -0.2) is 25.7 Å². The molecule has 3 heteroatoms. The number of carbonyl (C=O) groups excluding carboxylic acids is 1. The molecule has 0 saturated heterocycles. The fraction of sp³-hybridized carbons (Fsp3) is 0.792. The first kappa shape index (κ1) is 25.9. The molecule has 0 rings (SSSR count). The lowest BCUT2D eigenvalue weighted by atomic mass is 10.1. The zero-order valence-corrected chi connectivity index (χ0v) is 18.6. The summed E-state index contributed by atoms with van der Waals surface area (Å²) >= 11 is 0. The van der Waals surface area contributed by atoms with Crippen LogP contribution in [0, 0.1) is 0 Å². The molecule has 0 aromatic rings. The summed E-state index contributed by atoms with van der Waals surface area (Å²) < 4.78 is 5.25. The van der Waals surface area contributed by atoms with Crippen molar-refractivity contribution in [3.05, 3.63) is 23.3 Å². The third-order valence-electron chi connectivity index (χ3n) is 4.74. The van der Waals surface area contributed by atoms with E-state index in [0.29, 0.717) is 13.2 Å². The van der Waals surface area contributed by atoms with Crippen LogP contribution in [0.25, 0.3) is 0 Å². The minimum absolute atomic E-state index is 0.157. The fourth-order valence-corrected chi connectivity index (χ4v) is 2.95. The minimum Gasteiger partial charge on any atom is -0.460 e. The van der Waals surface area contributed by atoms with Crippen molar-refractivity contribution < 1.29 is 9.53 Å². The lowest BCUT2D eigenvalue weighted by Crippen LogP contribution is -2.25. The van der Waals surface area contributed by atoms with Gasteiger partial charge in [0, 0.05) is 0 Å². The molecule has 0 aromatic heterocycles. The van der Waals surface area contributed by atoms with E-state index in [0.717, 1.165) is 25.8 Å². The lowest BCUT2D eigenvalue weighted by Gasteiger charge is -2.06. The molecule has 0 amide bonds. The van der Waals surface area contributed by atoms with E-state index in [9.17, 15) is 4.79 Å². The summed E-state index contributed by atoms with van der Waals surface area (Å²) in [6.45, 7) is 10.2. The van der Waals surface area contributed by atoms with Gasteiger partial charge in [-0.05, 0) is 52.7 Å². The summed E-state index contributed by atoms with van der Waals surface area (Å²) in [5.74, 6) is -0.157. The summed E-state index contributed by atoms with van der Waals surface area (Å²) in [4.78, 5) is 11.7. The molecule has 3 nitrogen and oxygen atoms in total. The van der Waals surface area contributed by atoms with Crippen LogP contribution in [-0.2, 0) is 9.53 Å². The van der Waals surface area contributed by atoms with Gasteiger partial charge in [-0.1, -0.05) is 81.9 Å². The van der Waals surface area contributed by atoms with Gasteiger partial charge in [-0.3, -0.25) is 4.79 Å². The first-order chi connectivity index (χ1) is 13.1. The second-order valence-corrected chi connectivity index (χ2v) is 7.91. The van der Waals surface area contributed by atoms with Crippen LogP contribution in [0.4, 0.5) is 0 Å². The Morgan fingerprint density at radius 2 is 1.44 bits per heavy atom. The highest BCUT2D eigenvalue weighted by atomic mass is 16.5. The molecule has 158 valence electrons. The van der Waals surface area contributed by atoms with Crippen molar-refractivity contribution in [1.82, 2.24) is 5.32 Å². The molecule has 0 bridgehead atoms. The van der Waals surface area contributed by atoms with E-state index in [4.69, 9.17) is 4.74 Å². The standard InChI is InChI=1S/C24H45NO2/c1-5-6-7-8-9-10-11-12-13-14-19-25-21-24(26)27-20-18-23(4)17-15-16-22(2)3/h16,18,25H,5-15,17,19-21H2,1-4H3/b23-18+. The Hall–Kier alpha value is -1.09. The average Bonchev–Trinajstić information content (AvgIpc) is 2.62. The number of carbonyl (C=O) groups is 1. The highest BCUT2D eigenvalue weighted by Crippen LogP contribution is 2.10. The zero-order chi connectivity index (χ0) is 20.2. The molecular formula is C24H45NO2. The Morgan fingerprint density at radius 1 is 0.852 bits per heavy atom. The van der Waals surface area contributed by atoms with Gasteiger partial charge in [-0.25, -0.2) is 0 Å². The molecule has 0 unspecified atom stereocenters. The lowest BCUT2D eigenvalue weighted by molar-refractivity contribution is -0.141. The van der Waals surface area contributed by atoms with E-state index in [-0.39, 0.29) is 5.97 Å². The van der Waals surface area contributed by atoms with Crippen LogP contribution < -0.4 is 5.32 Å². The van der Waals surface area contributed by atoms with Crippen LogP contribution in [0.15, 0.2) is 23.3 Å². The van der Waals surface area contributed by atoms with Crippen molar-refractivity contribution in [3.63, 3.8) is 0 Å². The van der Waals surface area contributed by atoms with Crippen molar-refractivity contribution in [2.45, 2.75) is 105 Å². The quantitative estimate of drug-likeness (QED) is 0.163. The number of nitrogens with one attached hydrogen (secondary N) is 1. The Morgan fingerprint density at radius 3 is 2.04 bits per heavy atom. The van der Waals surface area contributed by atoms with E-state index in [1.807, 2.05) is 6.08 Å². The molecule has 0 fully saturated rings. The third-order valence-corrected chi connectivity index (χ3v) is 4.74. The van der Waals surface area contributed by atoms with Gasteiger partial charge >= 0.3 is 5.97 Å². The van der Waals surface area contributed by atoms with Crippen LogP contribution in [0.5, 0.6) is 0 Å². The van der Waals surface area contributed by atoms with Gasteiger partial charge in [-0.2, -0.15) is 0 Å². The van der Waals surface area contributed by atoms with Gasteiger partial charge in [0.25, 0.3) is 0 Å². The average molecular weight is 380 g/mol. The Kier molecular flexibility index (Phi) is 18.9. The molecule has 0 aliphatic heterocycles. The van der Waals surface area contributed by atoms with E-state index in [1.165, 1.54) is 68.9 Å². The first-order valence-corrected chi connectivity index (χ1v) is 11.2. The van der Waals surface area contributed by atoms with Crippen LogP contribution in [0.3, 0.4) is 0 Å². The summed E-state index contributed by atoms with van der Waals surface area (Å²) in [6, 6.07) is 0. The molecule has 0 aliphatic rings. The highest BCUT2D eigenvalue weighted by Gasteiger charge is 2.01. The summed E-state index contributed by atoms with van der Waals surface area (Å²) in [5, 5.41) is 3.19. The molecule has 0 aromatic carbocycles. The van der Waals surface area contributed by atoms with E-state index in [2.05, 4.69) is 39.1 Å². The van der Waals surface area contributed by atoms with Crippen molar-refractivity contribution in [3.8, 4) is 0 Å². The number of hydrogen-bond acceptors (Lipinski definition) is 3. The summed E-state index contributed by atoms with van der Waals surface area (Å²) in [6.07, 6.45) is 19.7. The van der Waals surface area contributed by atoms with Gasteiger partial charge in [0.2, 0.25) is 0 Å². The van der Waals surface area contributed by atoms with Gasteiger partial charge in [-0.15, -0.1) is 0 Å². The van der Waals surface area contributed by atoms with Crippen molar-refractivity contribution in [1.29, 1.82) is 0 Å². The van der Waals surface area contributed by atoms with E-state index < -0.39 is 0 Å². The van der Waals surface area contributed by atoms with Crippen molar-refractivity contribution in [2.75, 3.05) is 19.7 Å². The maximum absolute atomic E-state index is 11.7. The molecule has 0 atom stereocenters. The van der Waals surface area contributed by atoms with E-state index >= 15 is 0 Å². The topological polar surface area (TPSA) is 38.3 Å². The number of unbranched alkanes of at least 4 members (excludes halogenated alkanes) is 9. The fourth-order valence-electron chi connectivity index (χ4n) is 2.95. The maximum Gasteiger partial charge on any atom is 0.320 e. The van der Waals surface area contributed by atoms with Gasteiger partial charge < -0.3 is 10.1 Å². The second-order valence-electron chi connectivity index (χ2n) is 7.91. The molecule has 0 heterocycles. The van der Waals surface area contributed by atoms with Crippen molar-refractivity contribution in [2.24, 2.45) is 0 Å². The largest absolute Gasteiger partial charge is 0.460 e. The monoisotopic (exact) mass is 379 g/mol. The molecule has 0 spiro atoms. The van der Waals surface area contributed by atoms with Crippen molar-refractivity contribution >= 4 is 5.97 Å². The first-order valence-electron chi connectivity index (χ1n) is 11.2. The number of rotatable bonds is 18. The third kappa shape index (κ3) is 21.1. The SMILES string of the molecule is CCCCCCCCCCCCNCC(=O)OC/C=C(\C)CCC=C(C)C. The van der Waals surface area contributed by atoms with Crippen LogP contribution in [0.2, 0.25) is 0 Å². The smallest absolute Gasteiger partial charge is 0.320 e. The number of esters is 1. The predicted octanol–water partition coefficient (Wildman–Crippen LogP) is 6.73. The van der Waals surface area contributed by atoms with Crippen LogP contribution in [0.1, 0.15) is 105 Å². The highest BCUT2D eigenvalue weighted by molar-refractivity contribution is 5.71. The zero-order valence-electron chi connectivity index (χ0n) is 18.6. The normalized spacial score (nSPS) is 11.5. The summed E-state index contributed by atoms with van der Waals surface area (Å²) in [7, 11) is 0. The van der Waals surface area contributed by atoms with Gasteiger partial charge in [0.05, 0.1) is 6.54 Å². The van der Waals surface area contributed by atoms with Gasteiger partial charge in [0.1, 0.15) is 6.61 Å². The molecular weight excluding hydrogens is 334 g/mol. The van der Waals surface area contributed by atoms with E-state index in [1.54, 1.807) is 0 Å². The number of allylic oxidation sites excluding steroid dienone is 3. The second kappa shape index (κ2) is 19.7. The predicted molar refractivity (Wildman–Crippen MR) is 118 cm³/mol. The van der Waals surface area contributed by atoms with Crippen LogP contribution >= 0.6 is 0 Å². The Bertz CT molecular complexity index is 409. The molecule has 27 heavy (non-hydrogen) atoms. The maximum atomic E-state index is 11.7. The number of hydrogen-bond donors (Lipinski definition) is 1. The Balaban J connectivity index is 3.40. The Labute approximate surface area is 169 Å². The van der Waals surface area contributed by atoms with Gasteiger partial charge in [0.15, 0.2) is 0 Å². The molecule has 0 saturated carbocycles. The molecule has 0 radical (unpaired) electrons. The number of ether oxygens (including phenoxy) is 1.